The molecule has 78 valence electrons. The van der Waals surface area contributed by atoms with Crippen LogP contribution in [0.25, 0.3) is 0 Å². The molecular weight excluding hydrogens is 168 g/mol. The maximum absolute atomic E-state index is 11.4. The van der Waals surface area contributed by atoms with E-state index in [-0.39, 0.29) is 24.5 Å². The molecule has 0 spiro atoms. The van der Waals surface area contributed by atoms with Crippen LogP contribution in [-0.2, 0) is 4.79 Å². The van der Waals surface area contributed by atoms with Crippen molar-refractivity contribution in [2.24, 2.45) is 5.92 Å². The van der Waals surface area contributed by atoms with E-state index in [0.29, 0.717) is 6.54 Å². The minimum absolute atomic E-state index is 0.0116. The highest BCUT2D eigenvalue weighted by Crippen LogP contribution is 1.93. The Hall–Kier alpha value is -0.610. The summed E-state index contributed by atoms with van der Waals surface area (Å²) >= 11 is 0. The second-order valence-electron chi connectivity index (χ2n) is 3.30. The normalized spacial score (nSPS) is 15.1. The van der Waals surface area contributed by atoms with Crippen LogP contribution >= 0.6 is 0 Å². The monoisotopic (exact) mass is 188 g/mol. The number of hydrogen-bond donors (Lipinski definition) is 3. The van der Waals surface area contributed by atoms with Gasteiger partial charge in [-0.2, -0.15) is 0 Å². The molecule has 0 aliphatic rings. The van der Waals surface area contributed by atoms with Gasteiger partial charge in [0.2, 0.25) is 5.91 Å². The molecule has 0 bridgehead atoms. The van der Waals surface area contributed by atoms with Crippen LogP contribution in [0, 0.1) is 5.92 Å². The van der Waals surface area contributed by atoms with Crippen LogP contribution in [0.2, 0.25) is 0 Å². The molecule has 4 heteroatoms. The van der Waals surface area contributed by atoms with Crippen LogP contribution in [0.4, 0.5) is 0 Å². The van der Waals surface area contributed by atoms with Crippen molar-refractivity contribution in [3.05, 3.63) is 0 Å². The standard InChI is InChI=1S/C9H20N2O2/c1-4-10-5-7(2)9(13)11-8(3)6-12/h7-8,10,12H,4-6H2,1-3H3,(H,11,13)/t7?,8-/m1/s1. The first-order chi connectivity index (χ1) is 6.11. The van der Waals surface area contributed by atoms with Gasteiger partial charge in [-0.25, -0.2) is 0 Å². The van der Waals surface area contributed by atoms with Gasteiger partial charge in [0.15, 0.2) is 0 Å². The predicted octanol–water partition coefficient (Wildman–Crippen LogP) is -0.271. The number of carbonyl (C=O) groups excluding carboxylic acids is 1. The fourth-order valence-electron chi connectivity index (χ4n) is 0.884. The lowest BCUT2D eigenvalue weighted by molar-refractivity contribution is -0.125. The van der Waals surface area contributed by atoms with Crippen LogP contribution in [0.5, 0.6) is 0 Å². The van der Waals surface area contributed by atoms with Gasteiger partial charge < -0.3 is 15.7 Å². The number of rotatable bonds is 6. The summed E-state index contributed by atoms with van der Waals surface area (Å²) in [6.07, 6.45) is 0. The van der Waals surface area contributed by atoms with Crippen molar-refractivity contribution < 1.29 is 9.90 Å². The zero-order valence-corrected chi connectivity index (χ0v) is 8.63. The van der Waals surface area contributed by atoms with E-state index >= 15 is 0 Å². The zero-order chi connectivity index (χ0) is 10.3. The van der Waals surface area contributed by atoms with Gasteiger partial charge in [0.25, 0.3) is 0 Å². The largest absolute Gasteiger partial charge is 0.394 e. The third-order valence-electron chi connectivity index (χ3n) is 1.81. The Morgan fingerprint density at radius 2 is 2.08 bits per heavy atom. The van der Waals surface area contributed by atoms with Gasteiger partial charge in [0.1, 0.15) is 0 Å². The molecule has 0 aromatic carbocycles. The van der Waals surface area contributed by atoms with Crippen molar-refractivity contribution in [3.8, 4) is 0 Å². The minimum atomic E-state index is -0.156. The van der Waals surface area contributed by atoms with E-state index < -0.39 is 0 Å². The summed E-state index contributed by atoms with van der Waals surface area (Å²) in [5.74, 6) is -0.0588. The molecule has 4 nitrogen and oxygen atoms in total. The van der Waals surface area contributed by atoms with Crippen molar-refractivity contribution in [2.75, 3.05) is 19.7 Å². The molecule has 0 aromatic heterocycles. The van der Waals surface area contributed by atoms with Crippen LogP contribution in [0.15, 0.2) is 0 Å². The average molecular weight is 188 g/mol. The third-order valence-corrected chi connectivity index (χ3v) is 1.81. The summed E-state index contributed by atoms with van der Waals surface area (Å²) in [7, 11) is 0. The first-order valence-corrected chi connectivity index (χ1v) is 4.73. The lowest BCUT2D eigenvalue weighted by Crippen LogP contribution is -2.41. The molecule has 1 amide bonds. The second-order valence-corrected chi connectivity index (χ2v) is 3.30. The molecule has 1 unspecified atom stereocenters. The molecule has 0 rings (SSSR count). The van der Waals surface area contributed by atoms with Gasteiger partial charge in [0, 0.05) is 18.5 Å². The SMILES string of the molecule is CCNCC(C)C(=O)N[C@H](C)CO. The Kier molecular flexibility index (Phi) is 6.54. The lowest BCUT2D eigenvalue weighted by atomic mass is 10.1. The van der Waals surface area contributed by atoms with Gasteiger partial charge in [0.05, 0.1) is 6.61 Å². The highest BCUT2D eigenvalue weighted by atomic mass is 16.3. The molecule has 0 saturated heterocycles. The lowest BCUT2D eigenvalue weighted by Gasteiger charge is -2.15. The third kappa shape index (κ3) is 5.60. The van der Waals surface area contributed by atoms with Crippen molar-refractivity contribution in [2.45, 2.75) is 26.8 Å². The first kappa shape index (κ1) is 12.4. The number of carbonyl (C=O) groups is 1. The summed E-state index contributed by atoms with van der Waals surface area (Å²) in [5.41, 5.74) is 0. The Bertz CT molecular complexity index is 151. The molecular formula is C9H20N2O2. The predicted molar refractivity (Wildman–Crippen MR) is 52.4 cm³/mol. The van der Waals surface area contributed by atoms with Gasteiger partial charge in [-0.05, 0) is 13.5 Å². The van der Waals surface area contributed by atoms with Crippen LogP contribution in [-0.4, -0.2) is 36.8 Å². The molecule has 0 aromatic rings. The average Bonchev–Trinajstić information content (AvgIpc) is 2.13. The van der Waals surface area contributed by atoms with Crippen LogP contribution in [0.3, 0.4) is 0 Å². The molecule has 0 heterocycles. The van der Waals surface area contributed by atoms with E-state index in [2.05, 4.69) is 10.6 Å². The van der Waals surface area contributed by atoms with E-state index in [0.717, 1.165) is 6.54 Å². The minimum Gasteiger partial charge on any atom is -0.394 e. The Labute approximate surface area is 79.7 Å². The van der Waals surface area contributed by atoms with Gasteiger partial charge in [-0.1, -0.05) is 13.8 Å². The number of aliphatic hydroxyl groups excluding tert-OH is 1. The van der Waals surface area contributed by atoms with Crippen LogP contribution in [0.1, 0.15) is 20.8 Å². The number of aliphatic hydroxyl groups is 1. The summed E-state index contributed by atoms with van der Waals surface area (Å²) < 4.78 is 0. The van der Waals surface area contributed by atoms with E-state index in [1.165, 1.54) is 0 Å². The molecule has 2 atom stereocenters. The maximum atomic E-state index is 11.4. The second kappa shape index (κ2) is 6.86. The summed E-state index contributed by atoms with van der Waals surface area (Å²) in [4.78, 5) is 11.4. The molecule has 0 aliphatic heterocycles. The quantitative estimate of drug-likeness (QED) is 0.537. The Balaban J connectivity index is 3.68. The van der Waals surface area contributed by atoms with E-state index in [9.17, 15) is 4.79 Å². The Morgan fingerprint density at radius 3 is 2.54 bits per heavy atom. The van der Waals surface area contributed by atoms with Crippen molar-refractivity contribution in [1.82, 2.24) is 10.6 Å². The Morgan fingerprint density at radius 1 is 1.46 bits per heavy atom. The van der Waals surface area contributed by atoms with Crippen molar-refractivity contribution in [3.63, 3.8) is 0 Å². The van der Waals surface area contributed by atoms with Crippen molar-refractivity contribution >= 4 is 5.91 Å². The summed E-state index contributed by atoms with van der Waals surface area (Å²) in [6.45, 7) is 7.17. The maximum Gasteiger partial charge on any atom is 0.224 e. The number of hydrogen-bond acceptors (Lipinski definition) is 3. The molecule has 0 aliphatic carbocycles. The highest BCUT2D eigenvalue weighted by molar-refractivity contribution is 5.78. The molecule has 3 N–H and O–H groups in total. The van der Waals surface area contributed by atoms with Gasteiger partial charge in [-0.3, -0.25) is 4.79 Å². The molecule has 13 heavy (non-hydrogen) atoms. The van der Waals surface area contributed by atoms with Crippen molar-refractivity contribution in [1.29, 1.82) is 0 Å². The highest BCUT2D eigenvalue weighted by Gasteiger charge is 2.13. The van der Waals surface area contributed by atoms with Gasteiger partial charge >= 0.3 is 0 Å². The topological polar surface area (TPSA) is 61.4 Å². The summed E-state index contributed by atoms with van der Waals surface area (Å²) in [6, 6.07) is -0.156. The number of nitrogens with one attached hydrogen (secondary N) is 2. The zero-order valence-electron chi connectivity index (χ0n) is 8.63. The molecule has 0 fully saturated rings. The number of amides is 1. The van der Waals surface area contributed by atoms with E-state index in [4.69, 9.17) is 5.11 Å². The first-order valence-electron chi connectivity index (χ1n) is 4.73. The van der Waals surface area contributed by atoms with E-state index in [1.54, 1.807) is 6.92 Å². The summed E-state index contributed by atoms with van der Waals surface area (Å²) in [5, 5.41) is 14.5. The van der Waals surface area contributed by atoms with E-state index in [1.807, 2.05) is 13.8 Å². The van der Waals surface area contributed by atoms with Gasteiger partial charge in [-0.15, -0.1) is 0 Å². The molecule has 0 radical (unpaired) electrons. The fourth-order valence-corrected chi connectivity index (χ4v) is 0.884. The van der Waals surface area contributed by atoms with Crippen LogP contribution < -0.4 is 10.6 Å². The smallest absolute Gasteiger partial charge is 0.224 e. The molecule has 0 saturated carbocycles. The fraction of sp³-hybridized carbons (Fsp3) is 0.889.